The van der Waals surface area contributed by atoms with E-state index in [1.807, 2.05) is 37.3 Å². The van der Waals surface area contributed by atoms with Crippen LogP contribution in [0.25, 0.3) is 6.08 Å². The Kier molecular flexibility index (Phi) is 5.31. The van der Waals surface area contributed by atoms with Gasteiger partial charge in [0.2, 0.25) is 0 Å². The average Bonchev–Trinajstić information content (AvgIpc) is 2.56. The van der Waals surface area contributed by atoms with Gasteiger partial charge in [-0.3, -0.25) is 9.59 Å². The highest BCUT2D eigenvalue weighted by molar-refractivity contribution is 6.05. The molecule has 0 aliphatic rings. The minimum atomic E-state index is -0.306. The van der Waals surface area contributed by atoms with Gasteiger partial charge in [0.1, 0.15) is 5.70 Å². The molecule has 0 spiro atoms. The Morgan fingerprint density at radius 2 is 1.57 bits per heavy atom. The number of aryl methyl sites for hydroxylation is 1. The molecule has 0 aliphatic heterocycles. The molecule has 118 valence electrons. The summed E-state index contributed by atoms with van der Waals surface area (Å²) < 4.78 is 0. The highest BCUT2D eigenvalue weighted by Gasteiger charge is 2.15. The Morgan fingerprint density at radius 1 is 0.957 bits per heavy atom. The molecule has 0 radical (unpaired) electrons. The number of nitrogens with one attached hydrogen (secondary N) is 1. The summed E-state index contributed by atoms with van der Waals surface area (Å²) in [7, 11) is 3.31. The third-order valence-electron chi connectivity index (χ3n) is 3.31. The van der Waals surface area contributed by atoms with E-state index in [2.05, 4.69) is 5.32 Å². The van der Waals surface area contributed by atoms with E-state index < -0.39 is 0 Å². The molecule has 2 aromatic carbocycles. The first-order valence-corrected chi connectivity index (χ1v) is 7.34. The molecule has 1 N–H and O–H groups in total. The number of hydrogen-bond acceptors (Lipinski definition) is 2. The molecule has 0 atom stereocenters. The minimum absolute atomic E-state index is 0.243. The van der Waals surface area contributed by atoms with Crippen LogP contribution >= 0.6 is 0 Å². The second-order valence-electron chi connectivity index (χ2n) is 5.49. The van der Waals surface area contributed by atoms with Gasteiger partial charge in [0, 0.05) is 19.7 Å². The Balaban J connectivity index is 2.29. The molecule has 0 heterocycles. The van der Waals surface area contributed by atoms with E-state index in [1.165, 1.54) is 4.90 Å². The zero-order valence-electron chi connectivity index (χ0n) is 13.5. The number of benzene rings is 2. The molecule has 4 nitrogen and oxygen atoms in total. The fraction of sp³-hybridized carbons (Fsp3) is 0.158. The van der Waals surface area contributed by atoms with E-state index in [1.54, 1.807) is 44.4 Å². The maximum Gasteiger partial charge on any atom is 0.269 e. The maximum absolute atomic E-state index is 12.3. The molecule has 4 heteroatoms. The van der Waals surface area contributed by atoms with Gasteiger partial charge in [0.05, 0.1) is 0 Å². The number of carbonyl (C=O) groups is 2. The van der Waals surface area contributed by atoms with Crippen LogP contribution in [0.1, 0.15) is 21.5 Å². The molecule has 0 saturated heterocycles. The third-order valence-corrected chi connectivity index (χ3v) is 3.31. The van der Waals surface area contributed by atoms with Crippen LogP contribution < -0.4 is 5.32 Å². The summed E-state index contributed by atoms with van der Waals surface area (Å²) in [5.41, 5.74) is 2.74. The van der Waals surface area contributed by atoms with Crippen molar-refractivity contribution in [2.45, 2.75) is 6.92 Å². The number of likely N-dealkylation sites (N-methyl/N-ethyl adjacent to an activating group) is 1. The summed E-state index contributed by atoms with van der Waals surface area (Å²) in [6.45, 7) is 2.00. The molecule has 23 heavy (non-hydrogen) atoms. The highest BCUT2D eigenvalue weighted by atomic mass is 16.2. The van der Waals surface area contributed by atoms with Gasteiger partial charge < -0.3 is 10.2 Å². The summed E-state index contributed by atoms with van der Waals surface area (Å²) in [5, 5.41) is 2.71. The van der Waals surface area contributed by atoms with Gasteiger partial charge >= 0.3 is 0 Å². The van der Waals surface area contributed by atoms with Gasteiger partial charge in [-0.2, -0.15) is 0 Å². The standard InChI is InChI=1S/C19H20N2O2/c1-14-9-11-15(12-10-14)13-17(19(23)21(2)3)20-18(22)16-7-5-4-6-8-16/h4-13H,1-3H3,(H,20,22)/b17-13+. The lowest BCUT2D eigenvalue weighted by molar-refractivity contribution is -0.124. The Labute approximate surface area is 136 Å². The van der Waals surface area contributed by atoms with Crippen molar-refractivity contribution >= 4 is 17.9 Å². The zero-order chi connectivity index (χ0) is 16.8. The molecule has 0 saturated carbocycles. The third kappa shape index (κ3) is 4.54. The van der Waals surface area contributed by atoms with E-state index in [9.17, 15) is 9.59 Å². The summed E-state index contributed by atoms with van der Waals surface area (Å²) in [4.78, 5) is 26.1. The van der Waals surface area contributed by atoms with Crippen LogP contribution in [0.15, 0.2) is 60.3 Å². The molecule has 0 aliphatic carbocycles. The van der Waals surface area contributed by atoms with Crippen LogP contribution in [0.2, 0.25) is 0 Å². The number of hydrogen-bond donors (Lipinski definition) is 1. The van der Waals surface area contributed by atoms with Crippen LogP contribution in [0.5, 0.6) is 0 Å². The fourth-order valence-corrected chi connectivity index (χ4v) is 2.01. The monoisotopic (exact) mass is 308 g/mol. The predicted molar refractivity (Wildman–Crippen MR) is 91.8 cm³/mol. The number of rotatable bonds is 4. The largest absolute Gasteiger partial charge is 0.344 e. The van der Waals surface area contributed by atoms with Gasteiger partial charge in [-0.15, -0.1) is 0 Å². The van der Waals surface area contributed by atoms with Crippen molar-refractivity contribution < 1.29 is 9.59 Å². The van der Waals surface area contributed by atoms with Crippen LogP contribution in [0.4, 0.5) is 0 Å². The molecule has 2 amide bonds. The van der Waals surface area contributed by atoms with Crippen molar-refractivity contribution in [1.82, 2.24) is 10.2 Å². The van der Waals surface area contributed by atoms with Gasteiger partial charge in [-0.1, -0.05) is 48.0 Å². The Morgan fingerprint density at radius 3 is 2.13 bits per heavy atom. The Hall–Kier alpha value is -2.88. The first kappa shape index (κ1) is 16.5. The fourth-order valence-electron chi connectivity index (χ4n) is 2.01. The van der Waals surface area contributed by atoms with Crippen molar-refractivity contribution in [3.63, 3.8) is 0 Å². The van der Waals surface area contributed by atoms with Gasteiger partial charge in [-0.25, -0.2) is 0 Å². The summed E-state index contributed by atoms with van der Waals surface area (Å²) in [5.74, 6) is -0.561. The van der Waals surface area contributed by atoms with Crippen molar-refractivity contribution in [3.05, 3.63) is 77.0 Å². The molecule has 0 aromatic heterocycles. The lowest BCUT2D eigenvalue weighted by atomic mass is 10.1. The topological polar surface area (TPSA) is 49.4 Å². The molecule has 0 fully saturated rings. The lowest BCUT2D eigenvalue weighted by Gasteiger charge is -2.15. The van der Waals surface area contributed by atoms with E-state index in [0.29, 0.717) is 5.56 Å². The normalized spacial score (nSPS) is 11.0. The van der Waals surface area contributed by atoms with E-state index >= 15 is 0 Å². The van der Waals surface area contributed by atoms with Crippen LogP contribution in [-0.4, -0.2) is 30.8 Å². The van der Waals surface area contributed by atoms with Crippen LogP contribution in [-0.2, 0) is 4.79 Å². The highest BCUT2D eigenvalue weighted by Crippen LogP contribution is 2.10. The summed E-state index contributed by atoms with van der Waals surface area (Å²) in [6, 6.07) is 16.6. The van der Waals surface area contributed by atoms with Crippen molar-refractivity contribution in [1.29, 1.82) is 0 Å². The van der Waals surface area contributed by atoms with Gasteiger partial charge in [-0.05, 0) is 30.7 Å². The second kappa shape index (κ2) is 7.40. The first-order valence-electron chi connectivity index (χ1n) is 7.34. The predicted octanol–water partition coefficient (Wildman–Crippen LogP) is 2.85. The first-order chi connectivity index (χ1) is 11.0. The van der Waals surface area contributed by atoms with Crippen LogP contribution in [0.3, 0.4) is 0 Å². The molecule has 0 bridgehead atoms. The average molecular weight is 308 g/mol. The SMILES string of the molecule is Cc1ccc(/C=C(/NC(=O)c2ccccc2)C(=O)N(C)C)cc1. The van der Waals surface area contributed by atoms with Crippen molar-refractivity contribution in [2.24, 2.45) is 0 Å². The molecular weight excluding hydrogens is 288 g/mol. The number of nitrogens with zero attached hydrogens (tertiary/aromatic N) is 1. The lowest BCUT2D eigenvalue weighted by Crippen LogP contribution is -2.34. The van der Waals surface area contributed by atoms with E-state index in [4.69, 9.17) is 0 Å². The van der Waals surface area contributed by atoms with Crippen molar-refractivity contribution in [3.8, 4) is 0 Å². The number of carbonyl (C=O) groups excluding carboxylic acids is 2. The molecule has 2 rings (SSSR count). The maximum atomic E-state index is 12.3. The van der Waals surface area contributed by atoms with E-state index in [-0.39, 0.29) is 17.5 Å². The molecule has 2 aromatic rings. The van der Waals surface area contributed by atoms with Crippen molar-refractivity contribution in [2.75, 3.05) is 14.1 Å². The van der Waals surface area contributed by atoms with Crippen LogP contribution in [0, 0.1) is 6.92 Å². The number of amides is 2. The summed E-state index contributed by atoms with van der Waals surface area (Å²) >= 11 is 0. The molecule has 0 unspecified atom stereocenters. The smallest absolute Gasteiger partial charge is 0.269 e. The zero-order valence-corrected chi connectivity index (χ0v) is 13.5. The van der Waals surface area contributed by atoms with E-state index in [0.717, 1.165) is 11.1 Å². The molecular formula is C19H20N2O2. The van der Waals surface area contributed by atoms with Gasteiger partial charge in [0.25, 0.3) is 11.8 Å². The van der Waals surface area contributed by atoms with Gasteiger partial charge in [0.15, 0.2) is 0 Å². The summed E-state index contributed by atoms with van der Waals surface area (Å²) in [6.07, 6.45) is 1.68. The quantitative estimate of drug-likeness (QED) is 0.883. The second-order valence-corrected chi connectivity index (χ2v) is 5.49. The Bertz CT molecular complexity index is 717. The minimum Gasteiger partial charge on any atom is -0.344 e.